The smallest absolute Gasteiger partial charge is 0.197 e. The molecule has 0 amide bonds. The number of nitrogens with one attached hydrogen (secondary N) is 1. The Labute approximate surface area is 183 Å². The van der Waals surface area contributed by atoms with Gasteiger partial charge in [0.05, 0.1) is 25.0 Å². The second-order valence-electron chi connectivity index (χ2n) is 8.16. The van der Waals surface area contributed by atoms with E-state index >= 15 is 0 Å². The van der Waals surface area contributed by atoms with Crippen molar-refractivity contribution in [1.82, 2.24) is 29.5 Å². The maximum atomic E-state index is 13.6. The number of aryl methyl sites for hydroxylation is 2. The number of ether oxygens (including phenoxy) is 1. The molecule has 0 saturated heterocycles. The van der Waals surface area contributed by atoms with Gasteiger partial charge in [-0.2, -0.15) is 5.10 Å². The highest BCUT2D eigenvalue weighted by Crippen LogP contribution is 2.33. The first-order chi connectivity index (χ1) is 15.5. The predicted octanol–water partition coefficient (Wildman–Crippen LogP) is 4.39. The van der Waals surface area contributed by atoms with E-state index in [0.717, 1.165) is 44.7 Å². The van der Waals surface area contributed by atoms with Gasteiger partial charge >= 0.3 is 0 Å². The number of halogens is 1. The summed E-state index contributed by atoms with van der Waals surface area (Å²) in [5.74, 6) is 1.10. The van der Waals surface area contributed by atoms with Crippen LogP contribution >= 0.6 is 0 Å². The van der Waals surface area contributed by atoms with Crippen molar-refractivity contribution in [2.45, 2.75) is 19.6 Å². The van der Waals surface area contributed by atoms with Crippen LogP contribution in [0.15, 0.2) is 54.9 Å². The molecule has 1 unspecified atom stereocenters. The summed E-state index contributed by atoms with van der Waals surface area (Å²) in [5.41, 5.74) is 5.78. The molecule has 5 aromatic rings. The number of benzene rings is 2. The van der Waals surface area contributed by atoms with Crippen molar-refractivity contribution in [3.05, 3.63) is 77.6 Å². The number of nitrogens with zero attached hydrogens (tertiary/aromatic N) is 5. The fourth-order valence-corrected chi connectivity index (χ4v) is 4.32. The Hall–Kier alpha value is -3.78. The third-order valence-electron chi connectivity index (χ3n) is 5.94. The number of H-pyrrole nitrogens is 1. The summed E-state index contributed by atoms with van der Waals surface area (Å²) >= 11 is 0. The first-order valence-electron chi connectivity index (χ1n) is 10.5. The summed E-state index contributed by atoms with van der Waals surface area (Å²) in [6.45, 7) is 3.04. The van der Waals surface area contributed by atoms with Gasteiger partial charge in [-0.25, -0.2) is 14.1 Å². The normalized spacial score (nSPS) is 15.9. The second-order valence-corrected chi connectivity index (χ2v) is 8.16. The van der Waals surface area contributed by atoms with E-state index in [-0.39, 0.29) is 11.9 Å². The van der Waals surface area contributed by atoms with E-state index in [1.807, 2.05) is 31.0 Å². The van der Waals surface area contributed by atoms with E-state index in [2.05, 4.69) is 34.3 Å². The zero-order valence-electron chi connectivity index (χ0n) is 17.7. The van der Waals surface area contributed by atoms with Crippen LogP contribution < -0.4 is 0 Å². The van der Waals surface area contributed by atoms with Crippen LogP contribution in [-0.4, -0.2) is 36.1 Å². The van der Waals surface area contributed by atoms with E-state index < -0.39 is 0 Å². The number of aromatic amines is 1. The number of fused-ring (bicyclic) bond motifs is 2. The monoisotopic (exact) mass is 428 g/mol. The summed E-state index contributed by atoms with van der Waals surface area (Å²) in [6.07, 6.45) is 3.49. The first kappa shape index (κ1) is 18.9. The van der Waals surface area contributed by atoms with Gasteiger partial charge in [-0.1, -0.05) is 12.1 Å². The average Bonchev–Trinajstić information content (AvgIpc) is 3.50. The van der Waals surface area contributed by atoms with Gasteiger partial charge in [0, 0.05) is 29.7 Å². The first-order valence-corrected chi connectivity index (χ1v) is 10.5. The molecule has 1 atom stereocenters. The van der Waals surface area contributed by atoms with Gasteiger partial charge in [-0.05, 0) is 53.9 Å². The van der Waals surface area contributed by atoms with Crippen LogP contribution in [0.1, 0.15) is 23.1 Å². The van der Waals surface area contributed by atoms with Crippen LogP contribution in [0.4, 0.5) is 4.39 Å². The van der Waals surface area contributed by atoms with E-state index in [0.29, 0.717) is 19.0 Å². The van der Waals surface area contributed by atoms with Crippen molar-refractivity contribution in [1.29, 1.82) is 0 Å². The molecule has 0 bridgehead atoms. The molecular weight excluding hydrogens is 407 g/mol. The molecule has 0 radical (unpaired) electrons. The molecule has 2 aromatic carbocycles. The van der Waals surface area contributed by atoms with Crippen LogP contribution in [0.2, 0.25) is 0 Å². The Bertz CT molecular complexity index is 1460. The summed E-state index contributed by atoms with van der Waals surface area (Å²) in [4.78, 5) is 8.24. The van der Waals surface area contributed by atoms with Crippen LogP contribution in [0.3, 0.4) is 0 Å². The molecule has 1 aliphatic heterocycles. The highest BCUT2D eigenvalue weighted by molar-refractivity contribution is 5.88. The van der Waals surface area contributed by atoms with Crippen molar-refractivity contribution in [2.75, 3.05) is 6.61 Å². The zero-order valence-corrected chi connectivity index (χ0v) is 17.7. The molecule has 8 heteroatoms. The standard InChI is InChI=1S/C24H21FN6O/c1-14-9-18(25)4-5-19(14)22-24-28-23(29-31(24)7-8-32-22)21-11-16-10-15(3-6-20(16)27-21)17-12-26-30(2)13-17/h3-6,9-13,22,27H,7-8H2,1-2H3. The lowest BCUT2D eigenvalue weighted by Gasteiger charge is -2.24. The van der Waals surface area contributed by atoms with Gasteiger partial charge in [0.15, 0.2) is 11.6 Å². The minimum atomic E-state index is -0.368. The number of aromatic nitrogens is 6. The Morgan fingerprint density at radius 1 is 1.12 bits per heavy atom. The lowest BCUT2D eigenvalue weighted by atomic mass is 10.0. The van der Waals surface area contributed by atoms with Gasteiger partial charge in [0.1, 0.15) is 11.9 Å². The van der Waals surface area contributed by atoms with Crippen molar-refractivity contribution in [2.24, 2.45) is 7.05 Å². The summed E-state index contributed by atoms with van der Waals surface area (Å²) in [7, 11) is 1.91. The molecule has 6 rings (SSSR count). The molecule has 0 aliphatic carbocycles. The van der Waals surface area contributed by atoms with Crippen molar-refractivity contribution in [3.8, 4) is 22.6 Å². The molecule has 0 spiro atoms. The number of hydrogen-bond donors (Lipinski definition) is 1. The third kappa shape index (κ3) is 3.11. The lowest BCUT2D eigenvalue weighted by Crippen LogP contribution is -2.24. The molecule has 0 saturated carbocycles. The van der Waals surface area contributed by atoms with E-state index in [9.17, 15) is 4.39 Å². The van der Waals surface area contributed by atoms with Crippen LogP contribution in [0.25, 0.3) is 33.5 Å². The Morgan fingerprint density at radius 2 is 2.03 bits per heavy atom. The van der Waals surface area contributed by atoms with Gasteiger partial charge in [0.25, 0.3) is 0 Å². The van der Waals surface area contributed by atoms with Gasteiger partial charge in [0.2, 0.25) is 0 Å². The van der Waals surface area contributed by atoms with Crippen molar-refractivity contribution >= 4 is 10.9 Å². The second kappa shape index (κ2) is 7.13. The molecular formula is C24H21FN6O. The van der Waals surface area contributed by atoms with Gasteiger partial charge in [-0.15, -0.1) is 5.10 Å². The maximum absolute atomic E-state index is 13.6. The average molecular weight is 428 g/mol. The SMILES string of the molecule is Cc1cc(F)ccc1C1OCCn2nc(-c3cc4cc(-c5cnn(C)c5)ccc4[nH]3)nc21. The predicted molar refractivity (Wildman–Crippen MR) is 118 cm³/mol. The Morgan fingerprint density at radius 3 is 2.84 bits per heavy atom. The molecule has 1 N–H and O–H groups in total. The Kier molecular flexibility index (Phi) is 4.22. The fraction of sp³-hybridized carbons (Fsp3) is 0.208. The fourth-order valence-electron chi connectivity index (χ4n) is 4.32. The van der Waals surface area contributed by atoms with E-state index in [1.54, 1.807) is 10.7 Å². The topological polar surface area (TPSA) is 73.5 Å². The molecule has 160 valence electrons. The van der Waals surface area contributed by atoms with E-state index in [4.69, 9.17) is 14.8 Å². The summed E-state index contributed by atoms with van der Waals surface area (Å²) in [5, 5.41) is 10.1. The molecule has 3 aromatic heterocycles. The van der Waals surface area contributed by atoms with Crippen LogP contribution in [0.5, 0.6) is 0 Å². The zero-order chi connectivity index (χ0) is 21.8. The van der Waals surface area contributed by atoms with E-state index in [1.165, 1.54) is 12.1 Å². The third-order valence-corrected chi connectivity index (χ3v) is 5.94. The maximum Gasteiger partial charge on any atom is 0.197 e. The summed E-state index contributed by atoms with van der Waals surface area (Å²) in [6, 6.07) is 13.1. The minimum absolute atomic E-state index is 0.257. The van der Waals surface area contributed by atoms with Gasteiger partial charge < -0.3 is 9.72 Å². The minimum Gasteiger partial charge on any atom is -0.364 e. The van der Waals surface area contributed by atoms with Crippen LogP contribution in [-0.2, 0) is 18.3 Å². The van der Waals surface area contributed by atoms with Gasteiger partial charge in [-0.3, -0.25) is 4.68 Å². The molecule has 4 heterocycles. The number of hydrogen-bond acceptors (Lipinski definition) is 4. The molecule has 7 nitrogen and oxygen atoms in total. The van der Waals surface area contributed by atoms with Crippen LogP contribution in [0, 0.1) is 12.7 Å². The number of rotatable bonds is 3. The highest BCUT2D eigenvalue weighted by Gasteiger charge is 2.28. The Balaban J connectivity index is 1.39. The van der Waals surface area contributed by atoms with Crippen molar-refractivity contribution in [3.63, 3.8) is 0 Å². The molecule has 0 fully saturated rings. The summed E-state index contributed by atoms with van der Waals surface area (Å²) < 4.78 is 23.3. The highest BCUT2D eigenvalue weighted by atomic mass is 19.1. The molecule has 1 aliphatic rings. The molecule has 32 heavy (non-hydrogen) atoms. The van der Waals surface area contributed by atoms with Crippen molar-refractivity contribution < 1.29 is 9.13 Å². The largest absolute Gasteiger partial charge is 0.364 e. The lowest BCUT2D eigenvalue weighted by molar-refractivity contribution is 0.0386. The quantitative estimate of drug-likeness (QED) is 0.462.